The van der Waals surface area contributed by atoms with Crippen molar-refractivity contribution in [2.75, 3.05) is 18.1 Å². The molecular formula is C15H18ClF3N2O3S. The normalized spacial score (nSPS) is 16.4. The lowest BCUT2D eigenvalue weighted by Gasteiger charge is -2.25. The second-order valence-electron chi connectivity index (χ2n) is 5.99. The van der Waals surface area contributed by atoms with Crippen molar-refractivity contribution in [2.24, 2.45) is 0 Å². The zero-order valence-corrected chi connectivity index (χ0v) is 15.0. The van der Waals surface area contributed by atoms with E-state index in [0.29, 0.717) is 12.8 Å². The molecule has 1 N–H and O–H groups in total. The van der Waals surface area contributed by atoms with E-state index in [4.69, 9.17) is 11.6 Å². The Balaban J connectivity index is 2.15. The summed E-state index contributed by atoms with van der Waals surface area (Å²) in [5.41, 5.74) is -1.16. The van der Waals surface area contributed by atoms with E-state index in [9.17, 15) is 26.4 Å². The van der Waals surface area contributed by atoms with Crippen LogP contribution in [-0.2, 0) is 21.0 Å². The molecule has 0 aromatic heterocycles. The molecule has 1 aromatic rings. The fraction of sp³-hybridized carbons (Fsp3) is 0.533. The molecule has 0 spiro atoms. The molecule has 0 bridgehead atoms. The number of hydrogen-bond acceptors (Lipinski definition) is 3. The maximum Gasteiger partial charge on any atom is 0.416 e. The number of amides is 1. The molecule has 1 amide bonds. The highest BCUT2D eigenvalue weighted by molar-refractivity contribution is 7.88. The summed E-state index contributed by atoms with van der Waals surface area (Å²) in [4.78, 5) is 12.2. The minimum atomic E-state index is -4.58. The summed E-state index contributed by atoms with van der Waals surface area (Å²) in [6.45, 7) is -0.462. The maximum atomic E-state index is 12.8. The van der Waals surface area contributed by atoms with Crippen molar-refractivity contribution < 1.29 is 26.4 Å². The lowest BCUT2D eigenvalue weighted by molar-refractivity contribution is -0.137. The monoisotopic (exact) mass is 398 g/mol. The Morgan fingerprint density at radius 3 is 2.44 bits per heavy atom. The van der Waals surface area contributed by atoms with Crippen LogP contribution in [0.4, 0.5) is 18.9 Å². The third-order valence-corrected chi connectivity index (χ3v) is 5.63. The summed E-state index contributed by atoms with van der Waals surface area (Å²) < 4.78 is 63.2. The Morgan fingerprint density at radius 2 is 1.92 bits per heavy atom. The third kappa shape index (κ3) is 5.32. The van der Waals surface area contributed by atoms with Crippen LogP contribution in [0, 0.1) is 0 Å². The molecule has 2 rings (SSSR count). The van der Waals surface area contributed by atoms with Crippen molar-refractivity contribution in [1.29, 1.82) is 0 Å². The molecular weight excluding hydrogens is 381 g/mol. The number of halogens is 4. The van der Waals surface area contributed by atoms with E-state index >= 15 is 0 Å². The van der Waals surface area contributed by atoms with Crippen LogP contribution in [0.15, 0.2) is 18.2 Å². The van der Waals surface area contributed by atoms with Crippen molar-refractivity contribution in [3.8, 4) is 0 Å². The second-order valence-corrected chi connectivity index (χ2v) is 8.33. The Kier molecular flexibility index (Phi) is 6.01. The van der Waals surface area contributed by atoms with Gasteiger partial charge in [0.05, 0.1) is 29.1 Å². The van der Waals surface area contributed by atoms with Gasteiger partial charge in [0.15, 0.2) is 0 Å². The van der Waals surface area contributed by atoms with Crippen molar-refractivity contribution >= 4 is 33.2 Å². The standard InChI is InChI=1S/C15H18ClF3N2O3S/c1-25(23,24)21(11-4-2-3-5-11)9-14(22)20-13-8-10(15(17,18)19)6-7-12(13)16/h6-8,11H,2-5,9H2,1H3,(H,20,22). The summed E-state index contributed by atoms with van der Waals surface area (Å²) in [6, 6.07) is 2.29. The summed E-state index contributed by atoms with van der Waals surface area (Å²) in [5, 5.41) is 2.21. The van der Waals surface area contributed by atoms with Gasteiger partial charge >= 0.3 is 6.18 Å². The molecule has 0 aliphatic heterocycles. The van der Waals surface area contributed by atoms with E-state index in [1.165, 1.54) is 0 Å². The van der Waals surface area contributed by atoms with Gasteiger partial charge in [-0.05, 0) is 31.0 Å². The quantitative estimate of drug-likeness (QED) is 0.825. The van der Waals surface area contributed by atoms with Crippen LogP contribution in [0.3, 0.4) is 0 Å². The predicted molar refractivity (Wildman–Crippen MR) is 88.9 cm³/mol. The van der Waals surface area contributed by atoms with Gasteiger partial charge in [0.2, 0.25) is 15.9 Å². The number of carbonyl (C=O) groups excluding carboxylic acids is 1. The van der Waals surface area contributed by atoms with Crippen molar-refractivity contribution in [3.63, 3.8) is 0 Å². The molecule has 0 unspecified atom stereocenters. The molecule has 0 radical (unpaired) electrons. The van der Waals surface area contributed by atoms with E-state index < -0.39 is 34.2 Å². The number of rotatable bonds is 5. The highest BCUT2D eigenvalue weighted by atomic mass is 35.5. The Bertz CT molecular complexity index is 747. The van der Waals surface area contributed by atoms with Crippen molar-refractivity contribution in [3.05, 3.63) is 28.8 Å². The lowest BCUT2D eigenvalue weighted by atomic mass is 10.2. The van der Waals surface area contributed by atoms with Gasteiger partial charge in [-0.15, -0.1) is 0 Å². The molecule has 10 heteroatoms. The number of alkyl halides is 3. The smallest absolute Gasteiger partial charge is 0.324 e. The largest absolute Gasteiger partial charge is 0.416 e. The van der Waals surface area contributed by atoms with Crippen LogP contribution in [-0.4, -0.2) is 37.5 Å². The second kappa shape index (κ2) is 7.51. The summed E-state index contributed by atoms with van der Waals surface area (Å²) >= 11 is 5.83. The third-order valence-electron chi connectivity index (χ3n) is 4.03. The molecule has 1 saturated carbocycles. The molecule has 0 saturated heterocycles. The molecule has 5 nitrogen and oxygen atoms in total. The first-order valence-electron chi connectivity index (χ1n) is 7.62. The average Bonchev–Trinajstić information content (AvgIpc) is 2.98. The number of sulfonamides is 1. The molecule has 1 aliphatic rings. The fourth-order valence-corrected chi connectivity index (χ4v) is 4.11. The van der Waals surface area contributed by atoms with E-state index in [1.807, 2.05) is 0 Å². The topological polar surface area (TPSA) is 66.5 Å². The van der Waals surface area contributed by atoms with Crippen molar-refractivity contribution in [2.45, 2.75) is 37.9 Å². The highest BCUT2D eigenvalue weighted by Gasteiger charge is 2.32. The molecule has 25 heavy (non-hydrogen) atoms. The minimum Gasteiger partial charge on any atom is -0.324 e. The van der Waals surface area contributed by atoms with Gasteiger partial charge < -0.3 is 5.32 Å². The minimum absolute atomic E-state index is 0.0619. The van der Waals surface area contributed by atoms with Crippen LogP contribution < -0.4 is 5.32 Å². The van der Waals surface area contributed by atoms with Crippen LogP contribution in [0.5, 0.6) is 0 Å². The van der Waals surface area contributed by atoms with Gasteiger partial charge in [-0.25, -0.2) is 8.42 Å². The molecule has 0 heterocycles. The number of nitrogens with zero attached hydrogens (tertiary/aromatic N) is 1. The van der Waals surface area contributed by atoms with E-state index in [2.05, 4.69) is 5.32 Å². The first-order valence-corrected chi connectivity index (χ1v) is 9.84. The van der Waals surface area contributed by atoms with Crippen LogP contribution in [0.2, 0.25) is 5.02 Å². The fourth-order valence-electron chi connectivity index (χ4n) is 2.84. The summed E-state index contributed by atoms with van der Waals surface area (Å²) in [7, 11) is -3.62. The number of hydrogen-bond donors (Lipinski definition) is 1. The Hall–Kier alpha value is -1.32. The number of nitrogens with one attached hydrogen (secondary N) is 1. The van der Waals surface area contributed by atoms with Crippen LogP contribution in [0.1, 0.15) is 31.2 Å². The van der Waals surface area contributed by atoms with Gasteiger partial charge in [0.1, 0.15) is 0 Å². The SMILES string of the molecule is CS(=O)(=O)N(CC(=O)Nc1cc(C(F)(F)F)ccc1Cl)C1CCCC1. The van der Waals surface area contributed by atoms with E-state index in [-0.39, 0.29) is 16.8 Å². The number of anilines is 1. The van der Waals surface area contributed by atoms with Gasteiger partial charge in [0, 0.05) is 6.04 Å². The summed E-state index contributed by atoms with van der Waals surface area (Å²) in [6.07, 6.45) is -0.507. The first kappa shape index (κ1) is 20.0. The lowest BCUT2D eigenvalue weighted by Crippen LogP contribution is -2.43. The average molecular weight is 399 g/mol. The van der Waals surface area contributed by atoms with Crippen molar-refractivity contribution in [1.82, 2.24) is 4.31 Å². The molecule has 1 aromatic carbocycles. The van der Waals surface area contributed by atoms with Crippen LogP contribution in [0.25, 0.3) is 0 Å². The molecule has 0 atom stereocenters. The zero-order valence-electron chi connectivity index (χ0n) is 13.4. The zero-order chi connectivity index (χ0) is 18.8. The Labute approximate surface area is 149 Å². The highest BCUT2D eigenvalue weighted by Crippen LogP contribution is 2.34. The maximum absolute atomic E-state index is 12.8. The van der Waals surface area contributed by atoms with Crippen LogP contribution >= 0.6 is 11.6 Å². The predicted octanol–water partition coefficient (Wildman–Crippen LogP) is 3.50. The van der Waals surface area contributed by atoms with Gasteiger partial charge in [-0.2, -0.15) is 17.5 Å². The van der Waals surface area contributed by atoms with Gasteiger partial charge in [0.25, 0.3) is 0 Å². The van der Waals surface area contributed by atoms with Gasteiger partial charge in [-0.1, -0.05) is 24.4 Å². The summed E-state index contributed by atoms with van der Waals surface area (Å²) in [5.74, 6) is -0.737. The van der Waals surface area contributed by atoms with Gasteiger partial charge in [-0.3, -0.25) is 4.79 Å². The first-order chi connectivity index (χ1) is 11.5. The molecule has 1 aliphatic carbocycles. The van der Waals surface area contributed by atoms with E-state index in [0.717, 1.165) is 41.6 Å². The molecule has 140 valence electrons. The molecule has 1 fully saturated rings. The number of benzene rings is 1. The van der Waals surface area contributed by atoms with E-state index in [1.54, 1.807) is 0 Å². The Morgan fingerprint density at radius 1 is 1.32 bits per heavy atom. The number of carbonyl (C=O) groups is 1.